The second kappa shape index (κ2) is 8.47. The first-order chi connectivity index (χ1) is 11.9. The maximum atomic E-state index is 12.3. The molecular weight excluding hydrogens is 312 g/mol. The molecule has 132 valence electrons. The molecule has 0 aromatic heterocycles. The Morgan fingerprint density at radius 2 is 1.80 bits per heavy atom. The normalized spacial score (nSPS) is 10.4. The van der Waals surface area contributed by atoms with Crippen LogP contribution in [0.4, 0.5) is 5.69 Å². The topological polar surface area (TPSA) is 49.4 Å². The third-order valence-corrected chi connectivity index (χ3v) is 4.25. The average Bonchev–Trinajstić information content (AvgIpc) is 2.58. The predicted octanol–water partition coefficient (Wildman–Crippen LogP) is 3.65. The highest BCUT2D eigenvalue weighted by Crippen LogP contribution is 2.25. The predicted molar refractivity (Wildman–Crippen MR) is 102 cm³/mol. The quantitative estimate of drug-likeness (QED) is 0.874. The van der Waals surface area contributed by atoms with Gasteiger partial charge in [-0.2, -0.15) is 0 Å². The van der Waals surface area contributed by atoms with Crippen molar-refractivity contribution in [1.82, 2.24) is 5.32 Å². The summed E-state index contributed by atoms with van der Waals surface area (Å²) < 4.78 is 0. The van der Waals surface area contributed by atoms with Gasteiger partial charge >= 0.3 is 0 Å². The van der Waals surface area contributed by atoms with E-state index in [1.807, 2.05) is 50.2 Å². The van der Waals surface area contributed by atoms with Gasteiger partial charge < -0.3 is 10.2 Å². The van der Waals surface area contributed by atoms with Crippen LogP contribution in [0.2, 0.25) is 0 Å². The van der Waals surface area contributed by atoms with Gasteiger partial charge in [0, 0.05) is 31.3 Å². The van der Waals surface area contributed by atoms with E-state index < -0.39 is 0 Å². The molecule has 2 rings (SSSR count). The van der Waals surface area contributed by atoms with Crippen LogP contribution in [0, 0.1) is 13.8 Å². The summed E-state index contributed by atoms with van der Waals surface area (Å²) in [7, 11) is 0. The van der Waals surface area contributed by atoms with E-state index in [4.69, 9.17) is 0 Å². The fourth-order valence-electron chi connectivity index (χ4n) is 2.99. The molecule has 0 aliphatic rings. The minimum Gasteiger partial charge on any atom is -0.350 e. The van der Waals surface area contributed by atoms with Gasteiger partial charge in [-0.25, -0.2) is 0 Å². The Bertz CT molecular complexity index is 768. The average molecular weight is 338 g/mol. The third-order valence-electron chi connectivity index (χ3n) is 4.25. The molecule has 0 saturated heterocycles. The lowest BCUT2D eigenvalue weighted by atomic mass is 10.0. The monoisotopic (exact) mass is 338 g/mol. The van der Waals surface area contributed by atoms with Crippen molar-refractivity contribution in [3.05, 3.63) is 64.7 Å². The van der Waals surface area contributed by atoms with E-state index in [0.717, 1.165) is 28.8 Å². The van der Waals surface area contributed by atoms with Crippen LogP contribution in [0.3, 0.4) is 0 Å². The van der Waals surface area contributed by atoms with Crippen LogP contribution in [0.5, 0.6) is 0 Å². The van der Waals surface area contributed by atoms with Crippen molar-refractivity contribution < 1.29 is 9.59 Å². The Balaban J connectivity index is 2.09. The molecule has 2 aromatic carbocycles. The van der Waals surface area contributed by atoms with Crippen LogP contribution in [0.15, 0.2) is 42.5 Å². The second-order valence-electron chi connectivity index (χ2n) is 6.23. The van der Waals surface area contributed by atoms with Crippen molar-refractivity contribution in [3.63, 3.8) is 0 Å². The summed E-state index contributed by atoms with van der Waals surface area (Å²) in [5.41, 5.74) is 4.85. The number of aryl methyl sites for hydroxylation is 3. The van der Waals surface area contributed by atoms with Gasteiger partial charge in [-0.1, -0.05) is 42.8 Å². The van der Waals surface area contributed by atoms with E-state index in [1.165, 1.54) is 0 Å². The first kappa shape index (κ1) is 18.7. The van der Waals surface area contributed by atoms with E-state index in [2.05, 4.69) is 12.2 Å². The molecule has 0 saturated carbocycles. The number of hydrogen-bond acceptors (Lipinski definition) is 2. The molecule has 0 spiro atoms. The van der Waals surface area contributed by atoms with Crippen molar-refractivity contribution in [2.24, 2.45) is 0 Å². The molecule has 0 bridgehead atoms. The van der Waals surface area contributed by atoms with Gasteiger partial charge in [0.2, 0.25) is 5.91 Å². The lowest BCUT2D eigenvalue weighted by molar-refractivity contribution is -0.116. The second-order valence-corrected chi connectivity index (χ2v) is 6.23. The molecule has 0 atom stereocenters. The van der Waals surface area contributed by atoms with E-state index in [9.17, 15) is 9.59 Å². The Labute approximate surface area is 149 Å². The highest BCUT2D eigenvalue weighted by molar-refractivity contribution is 5.95. The minimum absolute atomic E-state index is 0.0196. The van der Waals surface area contributed by atoms with Crippen molar-refractivity contribution in [2.75, 3.05) is 18.0 Å². The van der Waals surface area contributed by atoms with Gasteiger partial charge in [-0.15, -0.1) is 0 Å². The smallest absolute Gasteiger partial charge is 0.251 e. The molecule has 0 unspecified atom stereocenters. The largest absolute Gasteiger partial charge is 0.350 e. The Morgan fingerprint density at radius 1 is 1.08 bits per heavy atom. The van der Waals surface area contributed by atoms with Crippen molar-refractivity contribution in [3.8, 4) is 0 Å². The number of hydrogen-bond donors (Lipinski definition) is 1. The van der Waals surface area contributed by atoms with E-state index >= 15 is 0 Å². The molecule has 2 aromatic rings. The zero-order valence-corrected chi connectivity index (χ0v) is 15.4. The van der Waals surface area contributed by atoms with Gasteiger partial charge in [-0.05, 0) is 43.5 Å². The zero-order chi connectivity index (χ0) is 18.4. The summed E-state index contributed by atoms with van der Waals surface area (Å²) in [5, 5.41) is 2.91. The maximum Gasteiger partial charge on any atom is 0.251 e. The van der Waals surface area contributed by atoms with Crippen LogP contribution < -0.4 is 10.2 Å². The summed E-state index contributed by atoms with van der Waals surface area (Å²) in [6.07, 6.45) is 0.858. The standard InChI is InChI=1S/C21H26N2O2/c1-5-18-10-7-9-16(3)20(18)23(17(4)24)13-12-22-21(25)19-11-6-8-15(2)14-19/h6-11,14H,5,12-13H2,1-4H3,(H,22,25). The fourth-order valence-corrected chi connectivity index (χ4v) is 2.99. The molecule has 1 N–H and O–H groups in total. The number of anilines is 1. The molecule has 0 heterocycles. The molecule has 25 heavy (non-hydrogen) atoms. The molecule has 0 aliphatic heterocycles. The number of rotatable bonds is 6. The number of amides is 2. The summed E-state index contributed by atoms with van der Waals surface area (Å²) in [6, 6.07) is 13.5. The lowest BCUT2D eigenvalue weighted by Crippen LogP contribution is -2.38. The summed E-state index contributed by atoms with van der Waals surface area (Å²) in [6.45, 7) is 8.47. The van der Waals surface area contributed by atoms with E-state index in [-0.39, 0.29) is 11.8 Å². The van der Waals surface area contributed by atoms with Crippen molar-refractivity contribution in [1.29, 1.82) is 0 Å². The maximum absolute atomic E-state index is 12.3. The number of para-hydroxylation sites is 1. The highest BCUT2D eigenvalue weighted by Gasteiger charge is 2.17. The van der Waals surface area contributed by atoms with Crippen LogP contribution in [0.1, 0.15) is 40.9 Å². The molecule has 0 fully saturated rings. The summed E-state index contributed by atoms with van der Waals surface area (Å²) >= 11 is 0. The van der Waals surface area contributed by atoms with Gasteiger partial charge in [0.1, 0.15) is 0 Å². The molecule has 2 amide bonds. The number of benzene rings is 2. The minimum atomic E-state index is -0.118. The van der Waals surface area contributed by atoms with Crippen molar-refractivity contribution in [2.45, 2.75) is 34.1 Å². The van der Waals surface area contributed by atoms with Crippen molar-refractivity contribution >= 4 is 17.5 Å². The van der Waals surface area contributed by atoms with Gasteiger partial charge in [-0.3, -0.25) is 9.59 Å². The Morgan fingerprint density at radius 3 is 2.44 bits per heavy atom. The highest BCUT2D eigenvalue weighted by atomic mass is 16.2. The first-order valence-corrected chi connectivity index (χ1v) is 8.65. The molecular formula is C21H26N2O2. The van der Waals surface area contributed by atoms with E-state index in [0.29, 0.717) is 18.7 Å². The molecule has 0 radical (unpaired) electrons. The Kier molecular flexibility index (Phi) is 6.34. The van der Waals surface area contributed by atoms with Crippen LogP contribution >= 0.6 is 0 Å². The number of carbonyl (C=O) groups excluding carboxylic acids is 2. The third kappa shape index (κ3) is 4.69. The summed E-state index contributed by atoms with van der Waals surface area (Å²) in [5.74, 6) is -0.137. The van der Waals surface area contributed by atoms with Crippen LogP contribution in [0.25, 0.3) is 0 Å². The van der Waals surface area contributed by atoms with Gasteiger partial charge in [0.05, 0.1) is 0 Å². The number of carbonyl (C=O) groups is 2. The Hall–Kier alpha value is -2.62. The van der Waals surface area contributed by atoms with Gasteiger partial charge in [0.25, 0.3) is 5.91 Å². The number of nitrogens with zero attached hydrogens (tertiary/aromatic N) is 1. The van der Waals surface area contributed by atoms with Crippen LogP contribution in [-0.4, -0.2) is 24.9 Å². The lowest BCUT2D eigenvalue weighted by Gasteiger charge is -2.26. The van der Waals surface area contributed by atoms with E-state index in [1.54, 1.807) is 17.9 Å². The SMILES string of the molecule is CCc1cccc(C)c1N(CCNC(=O)c1cccc(C)c1)C(C)=O. The summed E-state index contributed by atoms with van der Waals surface area (Å²) in [4.78, 5) is 26.2. The molecule has 4 nitrogen and oxygen atoms in total. The fraction of sp³-hybridized carbons (Fsp3) is 0.333. The zero-order valence-electron chi connectivity index (χ0n) is 15.4. The molecule has 0 aliphatic carbocycles. The first-order valence-electron chi connectivity index (χ1n) is 8.65. The van der Waals surface area contributed by atoms with Crippen LogP contribution in [-0.2, 0) is 11.2 Å². The molecule has 4 heteroatoms. The number of nitrogens with one attached hydrogen (secondary N) is 1. The van der Waals surface area contributed by atoms with Gasteiger partial charge in [0.15, 0.2) is 0 Å².